The fraction of sp³-hybridized carbons (Fsp3) is 0.105. The minimum absolute atomic E-state index is 0.00399. The number of para-hydroxylation sites is 1. The molecule has 142 valence electrons. The second kappa shape index (κ2) is 8.96. The molecule has 1 atom stereocenters. The van der Waals surface area contributed by atoms with E-state index in [4.69, 9.17) is 5.11 Å². The Kier molecular flexibility index (Phi) is 6.18. The second-order valence-corrected chi connectivity index (χ2v) is 6.95. The van der Waals surface area contributed by atoms with Gasteiger partial charge in [0.2, 0.25) is 11.8 Å². The molecule has 1 fully saturated rings. The summed E-state index contributed by atoms with van der Waals surface area (Å²) >= 11 is 1.10. The zero-order chi connectivity index (χ0) is 19.9. The Morgan fingerprint density at radius 3 is 2.61 bits per heavy atom. The van der Waals surface area contributed by atoms with Crippen molar-refractivity contribution in [3.05, 3.63) is 65.7 Å². The van der Waals surface area contributed by atoms with Crippen LogP contribution in [0.3, 0.4) is 0 Å². The highest BCUT2D eigenvalue weighted by Gasteiger charge is 2.32. The Morgan fingerprint density at radius 2 is 1.86 bits per heavy atom. The summed E-state index contributed by atoms with van der Waals surface area (Å²) in [5.74, 6) is -1.67. The van der Waals surface area contributed by atoms with Gasteiger partial charge >= 0.3 is 5.97 Å². The van der Waals surface area contributed by atoms with Crippen LogP contribution in [0.5, 0.6) is 0 Å². The Bertz CT molecular complexity index is 959. The minimum atomic E-state index is -1.07. The highest BCUT2D eigenvalue weighted by atomic mass is 32.2. The second-order valence-electron chi connectivity index (χ2n) is 5.76. The zero-order valence-corrected chi connectivity index (χ0v) is 15.3. The molecule has 1 saturated heterocycles. The number of benzene rings is 2. The summed E-state index contributed by atoms with van der Waals surface area (Å²) in [6.07, 6.45) is 1.30. The van der Waals surface area contributed by atoms with Crippen molar-refractivity contribution in [2.75, 3.05) is 5.32 Å². The molecule has 9 heteroatoms. The molecule has 2 aromatic carbocycles. The Morgan fingerprint density at radius 1 is 1.14 bits per heavy atom. The maximum Gasteiger partial charge on any atom is 0.336 e. The lowest BCUT2D eigenvalue weighted by Crippen LogP contribution is -2.28. The molecule has 2 amide bonds. The number of carboxylic acids is 1. The van der Waals surface area contributed by atoms with E-state index < -0.39 is 11.2 Å². The number of carbonyl (C=O) groups excluding carboxylic acids is 2. The largest absolute Gasteiger partial charge is 0.478 e. The van der Waals surface area contributed by atoms with Crippen molar-refractivity contribution < 1.29 is 19.5 Å². The van der Waals surface area contributed by atoms with E-state index in [1.807, 2.05) is 6.07 Å². The quantitative estimate of drug-likeness (QED) is 0.511. The van der Waals surface area contributed by atoms with Crippen LogP contribution in [0, 0.1) is 0 Å². The molecule has 0 aromatic heterocycles. The van der Waals surface area contributed by atoms with Crippen LogP contribution in [0.2, 0.25) is 0 Å². The molecule has 28 heavy (non-hydrogen) atoms. The van der Waals surface area contributed by atoms with Gasteiger partial charge in [-0.05, 0) is 18.2 Å². The summed E-state index contributed by atoms with van der Waals surface area (Å²) in [6.45, 7) is 0. The van der Waals surface area contributed by atoms with Crippen LogP contribution < -0.4 is 10.6 Å². The van der Waals surface area contributed by atoms with Crippen molar-refractivity contribution in [2.45, 2.75) is 11.7 Å². The average molecular weight is 396 g/mol. The predicted octanol–water partition coefficient (Wildman–Crippen LogP) is 2.34. The Hall–Kier alpha value is -3.46. The zero-order valence-electron chi connectivity index (χ0n) is 14.5. The van der Waals surface area contributed by atoms with Gasteiger partial charge in [0.15, 0.2) is 5.17 Å². The molecule has 8 nitrogen and oxygen atoms in total. The fourth-order valence-electron chi connectivity index (χ4n) is 2.44. The number of nitrogens with zero attached hydrogens (tertiary/aromatic N) is 2. The van der Waals surface area contributed by atoms with Crippen LogP contribution in [0.15, 0.2) is 64.8 Å². The predicted molar refractivity (Wildman–Crippen MR) is 108 cm³/mol. The number of amidine groups is 1. The lowest BCUT2D eigenvalue weighted by molar-refractivity contribution is -0.122. The normalized spacial score (nSPS) is 17.6. The number of aromatic carboxylic acids is 1. The number of thioether (sulfide) groups is 1. The first-order valence-corrected chi connectivity index (χ1v) is 9.16. The van der Waals surface area contributed by atoms with E-state index in [1.54, 1.807) is 42.5 Å². The summed E-state index contributed by atoms with van der Waals surface area (Å²) in [6, 6.07) is 15.3. The van der Waals surface area contributed by atoms with E-state index in [0.29, 0.717) is 11.3 Å². The lowest BCUT2D eigenvalue weighted by atomic mass is 10.1. The number of anilines is 1. The summed E-state index contributed by atoms with van der Waals surface area (Å²) < 4.78 is 0. The van der Waals surface area contributed by atoms with Crippen LogP contribution in [0.4, 0.5) is 5.69 Å². The van der Waals surface area contributed by atoms with Crippen molar-refractivity contribution in [2.24, 2.45) is 10.2 Å². The first-order chi connectivity index (χ1) is 13.5. The summed E-state index contributed by atoms with van der Waals surface area (Å²) in [7, 11) is 0. The SMILES string of the molecule is O=C(C[C@H]1S/C(=N\N=C/c2ccccc2C(=O)O)NC1=O)Nc1ccccc1. The van der Waals surface area contributed by atoms with Gasteiger partial charge < -0.3 is 15.7 Å². The van der Waals surface area contributed by atoms with Crippen molar-refractivity contribution in [1.82, 2.24) is 5.32 Å². The van der Waals surface area contributed by atoms with Gasteiger partial charge in [0, 0.05) is 17.7 Å². The maximum absolute atomic E-state index is 12.1. The fourth-order valence-corrected chi connectivity index (χ4v) is 3.36. The first kappa shape index (κ1) is 19.3. The van der Waals surface area contributed by atoms with E-state index in [1.165, 1.54) is 12.3 Å². The molecule has 0 radical (unpaired) electrons. The van der Waals surface area contributed by atoms with Crippen LogP contribution in [-0.2, 0) is 9.59 Å². The third kappa shape index (κ3) is 5.04. The minimum Gasteiger partial charge on any atom is -0.478 e. The van der Waals surface area contributed by atoms with Gasteiger partial charge in [-0.3, -0.25) is 9.59 Å². The van der Waals surface area contributed by atoms with Crippen LogP contribution in [0.25, 0.3) is 0 Å². The number of amides is 2. The highest BCUT2D eigenvalue weighted by Crippen LogP contribution is 2.23. The molecule has 0 spiro atoms. The van der Waals surface area contributed by atoms with Gasteiger partial charge in [0.1, 0.15) is 5.25 Å². The van der Waals surface area contributed by atoms with Gasteiger partial charge in [-0.1, -0.05) is 48.2 Å². The van der Waals surface area contributed by atoms with Crippen molar-refractivity contribution in [1.29, 1.82) is 0 Å². The molecule has 1 aliphatic rings. The number of carboxylic acid groups (broad SMARTS) is 1. The monoisotopic (exact) mass is 396 g/mol. The molecular weight excluding hydrogens is 380 g/mol. The van der Waals surface area contributed by atoms with Gasteiger partial charge in [0.05, 0.1) is 11.8 Å². The smallest absolute Gasteiger partial charge is 0.336 e. The standard InChI is InChI=1S/C19H16N4O4S/c24-16(21-13-7-2-1-3-8-13)10-15-17(25)22-19(28-15)23-20-11-12-6-4-5-9-14(12)18(26)27/h1-9,11,15H,10H2,(H,21,24)(H,26,27)(H,22,23,25)/b20-11-/t15-/m1/s1. The number of hydrogen-bond acceptors (Lipinski definition) is 6. The van der Waals surface area contributed by atoms with Gasteiger partial charge in [0.25, 0.3) is 0 Å². The Balaban J connectivity index is 1.59. The van der Waals surface area contributed by atoms with Crippen molar-refractivity contribution in [3.63, 3.8) is 0 Å². The van der Waals surface area contributed by atoms with E-state index in [-0.39, 0.29) is 29.0 Å². The topological polar surface area (TPSA) is 120 Å². The molecule has 0 bridgehead atoms. The molecule has 2 aromatic rings. The van der Waals surface area contributed by atoms with E-state index in [2.05, 4.69) is 20.8 Å². The molecule has 3 N–H and O–H groups in total. The molecule has 0 aliphatic carbocycles. The molecule has 1 aliphatic heterocycles. The summed E-state index contributed by atoms with van der Waals surface area (Å²) in [5, 5.41) is 21.8. The molecule has 3 rings (SSSR count). The van der Waals surface area contributed by atoms with Crippen molar-refractivity contribution >= 4 is 46.6 Å². The molecule has 0 saturated carbocycles. The molecule has 0 unspecified atom stereocenters. The van der Waals surface area contributed by atoms with Crippen LogP contribution in [-0.4, -0.2) is 39.5 Å². The van der Waals surface area contributed by atoms with Crippen molar-refractivity contribution in [3.8, 4) is 0 Å². The average Bonchev–Trinajstić information content (AvgIpc) is 3.02. The third-order valence-electron chi connectivity index (χ3n) is 3.74. The van der Waals surface area contributed by atoms with Crippen LogP contribution in [0.1, 0.15) is 22.3 Å². The number of nitrogens with one attached hydrogen (secondary N) is 2. The summed E-state index contributed by atoms with van der Waals surface area (Å²) in [4.78, 5) is 35.3. The van der Waals surface area contributed by atoms with E-state index in [0.717, 1.165) is 11.8 Å². The number of rotatable bonds is 6. The van der Waals surface area contributed by atoms with E-state index >= 15 is 0 Å². The van der Waals surface area contributed by atoms with E-state index in [9.17, 15) is 14.4 Å². The highest BCUT2D eigenvalue weighted by molar-refractivity contribution is 8.15. The maximum atomic E-state index is 12.1. The number of carbonyl (C=O) groups is 3. The van der Waals surface area contributed by atoms with Gasteiger partial charge in [-0.2, -0.15) is 5.10 Å². The number of hydrogen-bond donors (Lipinski definition) is 3. The van der Waals surface area contributed by atoms with Crippen LogP contribution >= 0.6 is 11.8 Å². The molecular formula is C19H16N4O4S. The summed E-state index contributed by atoms with van der Waals surface area (Å²) in [5.41, 5.74) is 1.16. The first-order valence-electron chi connectivity index (χ1n) is 8.28. The van der Waals surface area contributed by atoms with Gasteiger partial charge in [-0.25, -0.2) is 4.79 Å². The third-order valence-corrected chi connectivity index (χ3v) is 4.81. The Labute approximate surface area is 164 Å². The lowest BCUT2D eigenvalue weighted by Gasteiger charge is -2.06. The van der Waals surface area contributed by atoms with Gasteiger partial charge in [-0.15, -0.1) is 5.10 Å². The molecule has 1 heterocycles.